The van der Waals surface area contributed by atoms with Gasteiger partial charge in [-0.15, -0.1) is 0 Å². The maximum Gasteiger partial charge on any atom is 0.322 e. The minimum absolute atomic E-state index is 0.154. The van der Waals surface area contributed by atoms with Crippen LogP contribution in [0.4, 0.5) is 10.5 Å². The van der Waals surface area contributed by atoms with Crippen LogP contribution in [0.5, 0.6) is 5.75 Å². The molecule has 7 heteroatoms. The van der Waals surface area contributed by atoms with Crippen molar-refractivity contribution < 1.29 is 9.53 Å². The van der Waals surface area contributed by atoms with Gasteiger partial charge in [-0.1, -0.05) is 24.3 Å². The average molecular weight is 485 g/mol. The fraction of sp³-hybridized carbons (Fsp3) is 0.276. The second-order valence-electron chi connectivity index (χ2n) is 8.77. The van der Waals surface area contributed by atoms with Crippen LogP contribution >= 0.6 is 0 Å². The Morgan fingerprint density at radius 2 is 1.78 bits per heavy atom. The molecule has 36 heavy (non-hydrogen) atoms. The Hall–Kier alpha value is -4.13. The Morgan fingerprint density at radius 3 is 2.47 bits per heavy atom. The third-order valence-electron chi connectivity index (χ3n) is 6.27. The third-order valence-corrected chi connectivity index (χ3v) is 6.27. The van der Waals surface area contributed by atoms with Crippen LogP contribution in [0.15, 0.2) is 71.5 Å². The number of nitrogens with zero attached hydrogens (tertiary/aromatic N) is 3. The van der Waals surface area contributed by atoms with Crippen LogP contribution in [-0.2, 0) is 0 Å². The Bertz CT molecular complexity index is 1440. The van der Waals surface area contributed by atoms with Crippen molar-refractivity contribution in [1.29, 1.82) is 0 Å². The first-order chi connectivity index (χ1) is 17.3. The molecule has 0 aliphatic carbocycles. The lowest BCUT2D eigenvalue weighted by atomic mass is 10.1. The fourth-order valence-corrected chi connectivity index (χ4v) is 4.35. The summed E-state index contributed by atoms with van der Waals surface area (Å²) in [6.45, 7) is 10.7. The maximum absolute atomic E-state index is 13.8. The Morgan fingerprint density at radius 1 is 1.06 bits per heavy atom. The molecule has 7 nitrogen and oxygen atoms in total. The largest absolute Gasteiger partial charge is 0.494 e. The number of carbonyl (C=O) groups excluding carboxylic acids is 1. The van der Waals surface area contributed by atoms with Crippen molar-refractivity contribution in [2.24, 2.45) is 0 Å². The molecule has 0 saturated heterocycles. The van der Waals surface area contributed by atoms with Gasteiger partial charge in [0.25, 0.3) is 5.56 Å². The van der Waals surface area contributed by atoms with Crippen LogP contribution in [0.25, 0.3) is 16.6 Å². The van der Waals surface area contributed by atoms with E-state index in [9.17, 15) is 9.59 Å². The predicted molar refractivity (Wildman–Crippen MR) is 144 cm³/mol. The second kappa shape index (κ2) is 10.6. The number of amides is 2. The van der Waals surface area contributed by atoms with E-state index in [0.717, 1.165) is 22.6 Å². The normalized spacial score (nSPS) is 11.8. The highest BCUT2D eigenvalue weighted by Gasteiger charge is 2.26. The summed E-state index contributed by atoms with van der Waals surface area (Å²) in [5, 5.41) is 3.50. The topological polar surface area (TPSA) is 76.5 Å². The van der Waals surface area contributed by atoms with E-state index < -0.39 is 6.04 Å². The van der Waals surface area contributed by atoms with E-state index in [1.807, 2.05) is 95.3 Å². The standard InChI is InChI=1S/C29H32N4O3/c1-6-32(29(35)30-22-14-16-23(17-15-22)36-7-2)21(5)27-31-25-11-9-8-10-24(25)28(34)33(27)26-18-19(3)12-13-20(26)4/h8-18,21H,6-7H2,1-5H3,(H,30,35). The molecule has 1 N–H and O–H groups in total. The molecule has 0 spiro atoms. The van der Waals surface area contributed by atoms with E-state index in [-0.39, 0.29) is 11.6 Å². The summed E-state index contributed by atoms with van der Waals surface area (Å²) < 4.78 is 7.14. The Labute approximate surface area is 211 Å². The van der Waals surface area contributed by atoms with Crippen LogP contribution in [-0.4, -0.2) is 33.6 Å². The van der Waals surface area contributed by atoms with Gasteiger partial charge in [0.05, 0.1) is 29.2 Å². The first-order valence-corrected chi connectivity index (χ1v) is 12.2. The van der Waals surface area contributed by atoms with Gasteiger partial charge in [-0.05, 0) is 88.2 Å². The van der Waals surface area contributed by atoms with Gasteiger partial charge in [-0.3, -0.25) is 9.36 Å². The molecule has 0 bridgehead atoms. The van der Waals surface area contributed by atoms with Crippen molar-refractivity contribution in [2.75, 3.05) is 18.5 Å². The number of carbonyl (C=O) groups is 1. The number of aromatic nitrogens is 2. The van der Waals surface area contributed by atoms with E-state index in [1.54, 1.807) is 15.5 Å². The lowest BCUT2D eigenvalue weighted by Gasteiger charge is -2.30. The average Bonchev–Trinajstić information content (AvgIpc) is 2.87. The molecule has 3 aromatic carbocycles. The van der Waals surface area contributed by atoms with Gasteiger partial charge in [0, 0.05) is 12.2 Å². The van der Waals surface area contributed by atoms with E-state index in [4.69, 9.17) is 9.72 Å². The first kappa shape index (κ1) is 25.0. The van der Waals surface area contributed by atoms with Crippen molar-refractivity contribution in [2.45, 2.75) is 40.7 Å². The van der Waals surface area contributed by atoms with E-state index in [0.29, 0.717) is 35.6 Å². The third kappa shape index (κ3) is 4.96. The van der Waals surface area contributed by atoms with E-state index in [2.05, 4.69) is 5.32 Å². The first-order valence-electron chi connectivity index (χ1n) is 12.2. The molecule has 0 saturated carbocycles. The highest BCUT2D eigenvalue weighted by molar-refractivity contribution is 5.89. The molecule has 186 valence electrons. The van der Waals surface area contributed by atoms with E-state index >= 15 is 0 Å². The Balaban J connectivity index is 1.77. The number of benzene rings is 3. The number of rotatable bonds is 7. The number of urea groups is 1. The molecule has 1 atom stereocenters. The molecule has 1 heterocycles. The van der Waals surface area contributed by atoms with Crippen molar-refractivity contribution in [3.63, 3.8) is 0 Å². The lowest BCUT2D eigenvalue weighted by Crippen LogP contribution is -2.39. The second-order valence-corrected chi connectivity index (χ2v) is 8.77. The lowest BCUT2D eigenvalue weighted by molar-refractivity contribution is 0.193. The maximum atomic E-state index is 13.8. The van der Waals surface area contributed by atoms with Gasteiger partial charge < -0.3 is 15.0 Å². The molecule has 4 rings (SSSR count). The zero-order valence-electron chi connectivity index (χ0n) is 21.4. The number of para-hydroxylation sites is 1. The highest BCUT2D eigenvalue weighted by atomic mass is 16.5. The molecule has 0 radical (unpaired) electrons. The predicted octanol–water partition coefficient (Wildman–Crippen LogP) is 6.02. The number of hydrogen-bond donors (Lipinski definition) is 1. The van der Waals surface area contributed by atoms with E-state index in [1.165, 1.54) is 0 Å². The van der Waals surface area contributed by atoms with Gasteiger partial charge in [0.15, 0.2) is 0 Å². The van der Waals surface area contributed by atoms with Crippen molar-refractivity contribution in [1.82, 2.24) is 14.5 Å². The minimum atomic E-state index is -0.477. The number of aryl methyl sites for hydroxylation is 2. The summed E-state index contributed by atoms with van der Waals surface area (Å²) in [6.07, 6.45) is 0. The highest BCUT2D eigenvalue weighted by Crippen LogP contribution is 2.26. The molecular formula is C29H32N4O3. The van der Waals surface area contributed by atoms with Crippen molar-refractivity contribution in [3.8, 4) is 11.4 Å². The van der Waals surface area contributed by atoms with Crippen LogP contribution in [0.3, 0.4) is 0 Å². The number of anilines is 1. The molecule has 1 aromatic heterocycles. The molecule has 4 aromatic rings. The van der Waals surface area contributed by atoms with Gasteiger partial charge >= 0.3 is 6.03 Å². The zero-order valence-corrected chi connectivity index (χ0v) is 21.4. The van der Waals surface area contributed by atoms with Gasteiger partial charge in [0.2, 0.25) is 0 Å². The van der Waals surface area contributed by atoms with Crippen LogP contribution in [0.2, 0.25) is 0 Å². The molecule has 0 aliphatic rings. The summed E-state index contributed by atoms with van der Waals surface area (Å²) in [4.78, 5) is 33.7. The van der Waals surface area contributed by atoms with Crippen LogP contribution in [0.1, 0.15) is 43.8 Å². The summed E-state index contributed by atoms with van der Waals surface area (Å²) in [6, 6.07) is 19.8. The monoisotopic (exact) mass is 484 g/mol. The summed E-state index contributed by atoms with van der Waals surface area (Å²) in [7, 11) is 0. The SMILES string of the molecule is CCOc1ccc(NC(=O)N(CC)C(C)c2nc3ccccc3c(=O)n2-c2cc(C)ccc2C)cc1. The quantitative estimate of drug-likeness (QED) is 0.348. The van der Waals surface area contributed by atoms with Gasteiger partial charge in [-0.2, -0.15) is 0 Å². The van der Waals surface area contributed by atoms with Crippen molar-refractivity contribution >= 4 is 22.6 Å². The smallest absolute Gasteiger partial charge is 0.322 e. The summed E-state index contributed by atoms with van der Waals surface area (Å²) >= 11 is 0. The number of nitrogens with one attached hydrogen (secondary N) is 1. The zero-order chi connectivity index (χ0) is 25.8. The molecule has 0 aliphatic heterocycles. The van der Waals surface area contributed by atoms with Crippen LogP contribution < -0.4 is 15.6 Å². The molecule has 0 fully saturated rings. The molecular weight excluding hydrogens is 452 g/mol. The van der Waals surface area contributed by atoms with Gasteiger partial charge in [0.1, 0.15) is 11.6 Å². The van der Waals surface area contributed by atoms with Gasteiger partial charge in [-0.25, -0.2) is 9.78 Å². The van der Waals surface area contributed by atoms with Crippen molar-refractivity contribution in [3.05, 3.63) is 94.0 Å². The van der Waals surface area contributed by atoms with Crippen LogP contribution in [0, 0.1) is 13.8 Å². The Kier molecular flexibility index (Phi) is 7.38. The minimum Gasteiger partial charge on any atom is -0.494 e. The number of ether oxygens (including phenoxy) is 1. The molecule has 1 unspecified atom stereocenters. The summed E-state index contributed by atoms with van der Waals surface area (Å²) in [5.74, 6) is 1.25. The number of hydrogen-bond acceptors (Lipinski definition) is 4. The fourth-order valence-electron chi connectivity index (χ4n) is 4.35. The summed E-state index contributed by atoms with van der Waals surface area (Å²) in [5.41, 5.74) is 3.87. The molecule has 2 amide bonds. The number of fused-ring (bicyclic) bond motifs is 1.